The first kappa shape index (κ1) is 21.5. The SMILES string of the molecule is CCN1C(=O)CC(SC)C1=O.CSC1CC(=O)N(CNC(C)=O)C1=O. The summed E-state index contributed by atoms with van der Waals surface area (Å²) in [7, 11) is 0. The first-order valence-corrected chi connectivity index (χ1v) is 10.3. The van der Waals surface area contributed by atoms with E-state index in [0.29, 0.717) is 13.0 Å². The first-order valence-electron chi connectivity index (χ1n) is 7.75. The Morgan fingerprint density at radius 2 is 1.44 bits per heavy atom. The van der Waals surface area contributed by atoms with Gasteiger partial charge in [0.15, 0.2) is 0 Å². The molecule has 25 heavy (non-hydrogen) atoms. The van der Waals surface area contributed by atoms with E-state index in [9.17, 15) is 24.0 Å². The average molecular weight is 389 g/mol. The Labute approximate surface area is 155 Å². The topological polar surface area (TPSA) is 104 Å². The third-order valence-corrected chi connectivity index (χ3v) is 5.65. The number of hydrogen-bond donors (Lipinski definition) is 1. The lowest BCUT2D eigenvalue weighted by Crippen LogP contribution is -2.40. The van der Waals surface area contributed by atoms with Crippen LogP contribution in [0.3, 0.4) is 0 Å². The van der Waals surface area contributed by atoms with Crippen molar-refractivity contribution in [2.45, 2.75) is 37.2 Å². The van der Waals surface area contributed by atoms with Crippen LogP contribution < -0.4 is 5.32 Å². The van der Waals surface area contributed by atoms with E-state index in [4.69, 9.17) is 0 Å². The number of likely N-dealkylation sites (tertiary alicyclic amines) is 2. The molecule has 0 spiro atoms. The number of thioether (sulfide) groups is 2. The van der Waals surface area contributed by atoms with E-state index in [2.05, 4.69) is 5.32 Å². The zero-order valence-corrected chi connectivity index (χ0v) is 16.4. The molecule has 0 aromatic heterocycles. The Morgan fingerprint density at radius 3 is 1.76 bits per heavy atom. The fraction of sp³-hybridized carbons (Fsp3) is 0.667. The summed E-state index contributed by atoms with van der Waals surface area (Å²) in [5, 5.41) is 2.03. The van der Waals surface area contributed by atoms with Gasteiger partial charge in [-0.05, 0) is 19.4 Å². The minimum Gasteiger partial charge on any atom is -0.338 e. The van der Waals surface area contributed by atoms with E-state index in [1.807, 2.05) is 13.2 Å². The van der Waals surface area contributed by atoms with Crippen LogP contribution >= 0.6 is 23.5 Å². The van der Waals surface area contributed by atoms with E-state index in [0.717, 1.165) is 4.90 Å². The Bertz CT molecular complexity index is 569. The molecular formula is C15H23N3O5S2. The molecule has 2 aliphatic rings. The average Bonchev–Trinajstić information content (AvgIpc) is 3.01. The minimum atomic E-state index is -0.281. The smallest absolute Gasteiger partial charge is 0.244 e. The standard InChI is InChI=1S/C8H12N2O3S.C7H11NO2S/c1-5(11)9-4-10-7(12)3-6(14-2)8(10)13;1-3-8-6(9)4-5(11-2)7(8)10/h6H,3-4H2,1-2H3,(H,9,11);5H,3-4H2,1-2H3. The highest BCUT2D eigenvalue weighted by molar-refractivity contribution is 8.00. The van der Waals surface area contributed by atoms with Crippen LogP contribution in [0.4, 0.5) is 0 Å². The zero-order chi connectivity index (χ0) is 19.1. The molecule has 0 bridgehead atoms. The second kappa shape index (κ2) is 9.81. The Balaban J connectivity index is 0.000000257. The maximum absolute atomic E-state index is 11.5. The van der Waals surface area contributed by atoms with Crippen LogP contribution in [-0.2, 0) is 24.0 Å². The molecule has 10 heteroatoms. The second-order valence-electron chi connectivity index (χ2n) is 5.38. The van der Waals surface area contributed by atoms with Gasteiger partial charge in [-0.15, -0.1) is 0 Å². The first-order chi connectivity index (χ1) is 11.8. The monoisotopic (exact) mass is 389 g/mol. The van der Waals surface area contributed by atoms with Gasteiger partial charge >= 0.3 is 0 Å². The van der Waals surface area contributed by atoms with Crippen molar-refractivity contribution >= 4 is 53.1 Å². The Hall–Kier alpha value is -1.55. The normalized spacial score (nSPS) is 23.0. The predicted octanol–water partition coefficient (Wildman–Crippen LogP) is 0.0673. The molecular weight excluding hydrogens is 366 g/mol. The number of hydrogen-bond acceptors (Lipinski definition) is 7. The second-order valence-corrected chi connectivity index (χ2v) is 7.47. The molecule has 140 valence electrons. The molecule has 2 atom stereocenters. The van der Waals surface area contributed by atoms with Gasteiger partial charge in [-0.1, -0.05) is 0 Å². The summed E-state index contributed by atoms with van der Waals surface area (Å²) in [6.07, 6.45) is 4.26. The zero-order valence-electron chi connectivity index (χ0n) is 14.7. The van der Waals surface area contributed by atoms with E-state index in [-0.39, 0.29) is 53.1 Å². The van der Waals surface area contributed by atoms with Gasteiger partial charge in [0.05, 0.1) is 10.5 Å². The van der Waals surface area contributed by atoms with Crippen molar-refractivity contribution in [3.63, 3.8) is 0 Å². The summed E-state index contributed by atoms with van der Waals surface area (Å²) >= 11 is 2.81. The molecule has 1 N–H and O–H groups in total. The highest BCUT2D eigenvalue weighted by atomic mass is 32.2. The van der Waals surface area contributed by atoms with Crippen molar-refractivity contribution < 1.29 is 24.0 Å². The molecule has 5 amide bonds. The van der Waals surface area contributed by atoms with Gasteiger partial charge in [0, 0.05) is 26.3 Å². The maximum Gasteiger partial charge on any atom is 0.244 e. The van der Waals surface area contributed by atoms with Crippen LogP contribution in [0, 0.1) is 0 Å². The lowest BCUT2D eigenvalue weighted by atomic mass is 10.4. The molecule has 2 saturated heterocycles. The summed E-state index contributed by atoms with van der Waals surface area (Å²) in [5.41, 5.74) is 0. The fourth-order valence-electron chi connectivity index (χ4n) is 2.36. The van der Waals surface area contributed by atoms with Crippen molar-refractivity contribution in [1.82, 2.24) is 15.1 Å². The summed E-state index contributed by atoms with van der Waals surface area (Å²) in [6.45, 7) is 3.66. The maximum atomic E-state index is 11.5. The van der Waals surface area contributed by atoms with E-state index >= 15 is 0 Å². The van der Waals surface area contributed by atoms with Crippen LogP contribution in [0.15, 0.2) is 0 Å². The summed E-state index contributed by atoms with van der Waals surface area (Å²) in [6, 6.07) is 0. The van der Waals surface area contributed by atoms with Crippen LogP contribution in [0.5, 0.6) is 0 Å². The molecule has 0 radical (unpaired) electrons. The number of rotatable bonds is 5. The molecule has 8 nitrogen and oxygen atoms in total. The number of nitrogens with one attached hydrogen (secondary N) is 1. The fourth-order valence-corrected chi connectivity index (χ4v) is 3.64. The molecule has 2 unspecified atom stereocenters. The molecule has 0 aliphatic carbocycles. The lowest BCUT2D eigenvalue weighted by Gasteiger charge is -2.14. The van der Waals surface area contributed by atoms with Crippen molar-refractivity contribution in [1.29, 1.82) is 0 Å². The van der Waals surface area contributed by atoms with Gasteiger partial charge in [0.1, 0.15) is 6.67 Å². The quantitative estimate of drug-likeness (QED) is 0.664. The van der Waals surface area contributed by atoms with E-state index < -0.39 is 0 Å². The Morgan fingerprint density at radius 1 is 1.00 bits per heavy atom. The lowest BCUT2D eigenvalue weighted by molar-refractivity contribution is -0.140. The predicted molar refractivity (Wildman–Crippen MR) is 96.8 cm³/mol. The highest BCUT2D eigenvalue weighted by Gasteiger charge is 2.38. The minimum absolute atomic E-state index is 0.00986. The van der Waals surface area contributed by atoms with Gasteiger partial charge in [0.25, 0.3) is 0 Å². The molecule has 2 fully saturated rings. The van der Waals surface area contributed by atoms with Gasteiger partial charge in [0.2, 0.25) is 29.5 Å². The highest BCUT2D eigenvalue weighted by Crippen LogP contribution is 2.23. The number of carbonyl (C=O) groups excluding carboxylic acids is 5. The summed E-state index contributed by atoms with van der Waals surface area (Å²) < 4.78 is 0. The Kier molecular flexibility index (Phi) is 8.43. The number of imide groups is 2. The van der Waals surface area contributed by atoms with Crippen LogP contribution in [0.1, 0.15) is 26.7 Å². The van der Waals surface area contributed by atoms with Crippen molar-refractivity contribution in [3.8, 4) is 0 Å². The molecule has 2 heterocycles. The van der Waals surface area contributed by atoms with Crippen LogP contribution in [0.2, 0.25) is 0 Å². The van der Waals surface area contributed by atoms with Crippen LogP contribution in [0.25, 0.3) is 0 Å². The summed E-state index contributed by atoms with van der Waals surface area (Å²) in [4.78, 5) is 58.1. The molecule has 0 saturated carbocycles. The van der Waals surface area contributed by atoms with Gasteiger partial charge in [-0.2, -0.15) is 23.5 Å². The van der Waals surface area contributed by atoms with E-state index in [1.165, 1.54) is 35.3 Å². The number of amides is 5. The largest absolute Gasteiger partial charge is 0.338 e. The number of carbonyl (C=O) groups is 5. The van der Waals surface area contributed by atoms with Crippen molar-refractivity contribution in [2.24, 2.45) is 0 Å². The third-order valence-electron chi connectivity index (χ3n) is 3.78. The van der Waals surface area contributed by atoms with Gasteiger partial charge in [-0.25, -0.2) is 0 Å². The van der Waals surface area contributed by atoms with Gasteiger partial charge in [-0.3, -0.25) is 33.8 Å². The summed E-state index contributed by atoms with van der Waals surface area (Å²) in [5.74, 6) is -0.737. The molecule has 2 aliphatic heterocycles. The van der Waals surface area contributed by atoms with Gasteiger partial charge < -0.3 is 5.32 Å². The number of nitrogens with zero attached hydrogens (tertiary/aromatic N) is 2. The van der Waals surface area contributed by atoms with Crippen LogP contribution in [-0.4, -0.2) is 75.6 Å². The van der Waals surface area contributed by atoms with Crippen molar-refractivity contribution in [3.05, 3.63) is 0 Å². The van der Waals surface area contributed by atoms with E-state index in [1.54, 1.807) is 6.26 Å². The van der Waals surface area contributed by atoms with Crippen molar-refractivity contribution in [2.75, 3.05) is 25.7 Å². The third kappa shape index (κ3) is 5.46. The molecule has 0 aromatic rings. The molecule has 2 rings (SSSR count). The molecule has 0 aromatic carbocycles.